The molecule has 1 aromatic heterocycles. The van der Waals surface area contributed by atoms with Gasteiger partial charge in [-0.3, -0.25) is 0 Å². The lowest BCUT2D eigenvalue weighted by molar-refractivity contribution is 0.0683. The van der Waals surface area contributed by atoms with E-state index < -0.39 is 5.97 Å². The molecule has 17 heavy (non-hydrogen) atoms. The van der Waals surface area contributed by atoms with E-state index >= 15 is 0 Å². The average Bonchev–Trinajstić information content (AvgIpc) is 2.28. The van der Waals surface area contributed by atoms with Crippen molar-refractivity contribution in [3.8, 4) is 0 Å². The molecule has 1 aromatic rings. The molecule has 0 radical (unpaired) electrons. The molecule has 6 nitrogen and oxygen atoms in total. The molecule has 1 rings (SSSR count). The van der Waals surface area contributed by atoms with Crippen LogP contribution in [0.4, 0.5) is 5.95 Å². The van der Waals surface area contributed by atoms with Crippen molar-refractivity contribution in [3.05, 3.63) is 37.0 Å². The summed E-state index contributed by atoms with van der Waals surface area (Å²) in [4.78, 5) is 24.3. The first-order valence-corrected chi connectivity index (χ1v) is 5.01. The van der Waals surface area contributed by atoms with Crippen LogP contribution >= 0.6 is 0 Å². The maximum atomic E-state index is 10.8. The van der Waals surface area contributed by atoms with Gasteiger partial charge in [0.25, 0.3) is 0 Å². The van der Waals surface area contributed by atoms with Crippen molar-refractivity contribution in [3.63, 3.8) is 0 Å². The van der Waals surface area contributed by atoms with Crippen LogP contribution in [0.3, 0.4) is 0 Å². The predicted molar refractivity (Wildman–Crippen MR) is 64.1 cm³/mol. The fourth-order valence-corrected chi connectivity index (χ4v) is 1.25. The Morgan fingerprint density at radius 3 is 2.35 bits per heavy atom. The molecule has 0 atom stereocenters. The van der Waals surface area contributed by atoms with Gasteiger partial charge in [0.2, 0.25) is 11.8 Å². The van der Waals surface area contributed by atoms with Crippen molar-refractivity contribution < 1.29 is 9.90 Å². The van der Waals surface area contributed by atoms with Crippen molar-refractivity contribution >= 4 is 11.9 Å². The molecule has 6 heteroatoms. The number of aryl methyl sites for hydroxylation is 1. The summed E-state index contributed by atoms with van der Waals surface area (Å²) in [7, 11) is 0. The van der Waals surface area contributed by atoms with Crippen LogP contribution in [0, 0.1) is 6.92 Å². The van der Waals surface area contributed by atoms with Gasteiger partial charge in [-0.05, 0) is 6.92 Å². The normalized spacial score (nSPS) is 9.71. The van der Waals surface area contributed by atoms with E-state index in [2.05, 4.69) is 28.1 Å². The van der Waals surface area contributed by atoms with E-state index in [0.29, 0.717) is 24.9 Å². The van der Waals surface area contributed by atoms with Crippen LogP contribution in [0.2, 0.25) is 0 Å². The Bertz CT molecular complexity index is 435. The fraction of sp³-hybridized carbons (Fsp3) is 0.273. The molecule has 0 bridgehead atoms. The average molecular weight is 234 g/mol. The van der Waals surface area contributed by atoms with Crippen molar-refractivity contribution in [2.45, 2.75) is 6.92 Å². The molecule has 0 aliphatic heterocycles. The van der Waals surface area contributed by atoms with Crippen LogP contribution in [0.1, 0.15) is 16.4 Å². The smallest absolute Gasteiger partial charge is 0.374 e. The third-order valence-electron chi connectivity index (χ3n) is 1.91. The molecular weight excluding hydrogens is 220 g/mol. The van der Waals surface area contributed by atoms with E-state index in [1.54, 1.807) is 24.0 Å². The Hall–Kier alpha value is -2.24. The summed E-state index contributed by atoms with van der Waals surface area (Å²) >= 11 is 0. The van der Waals surface area contributed by atoms with E-state index in [4.69, 9.17) is 5.11 Å². The summed E-state index contributed by atoms with van der Waals surface area (Å²) in [5, 5.41) is 8.86. The van der Waals surface area contributed by atoms with Crippen LogP contribution in [0.5, 0.6) is 0 Å². The minimum Gasteiger partial charge on any atom is -0.475 e. The molecule has 90 valence electrons. The molecule has 0 amide bonds. The first-order chi connectivity index (χ1) is 8.08. The van der Waals surface area contributed by atoms with Gasteiger partial charge in [-0.15, -0.1) is 13.2 Å². The van der Waals surface area contributed by atoms with Crippen LogP contribution in [0.25, 0.3) is 0 Å². The van der Waals surface area contributed by atoms with E-state index in [-0.39, 0.29) is 5.82 Å². The Kier molecular flexibility index (Phi) is 4.33. The summed E-state index contributed by atoms with van der Waals surface area (Å²) < 4.78 is 0. The second kappa shape index (κ2) is 5.74. The zero-order chi connectivity index (χ0) is 12.8. The standard InChI is InChI=1S/C11H14N4O2/c1-4-6-15(7-5-2)11-13-8(3)12-9(14-11)10(16)17/h4-5H,1-2,6-7H2,3H3,(H,16,17). The zero-order valence-electron chi connectivity index (χ0n) is 9.63. The number of aromatic carboxylic acids is 1. The summed E-state index contributed by atoms with van der Waals surface area (Å²) in [6, 6.07) is 0. The number of carbonyl (C=O) groups is 1. The summed E-state index contributed by atoms with van der Waals surface area (Å²) in [6.07, 6.45) is 3.37. The molecule has 0 aliphatic rings. The van der Waals surface area contributed by atoms with E-state index in [1.807, 2.05) is 0 Å². The number of aromatic nitrogens is 3. The van der Waals surface area contributed by atoms with Gasteiger partial charge >= 0.3 is 5.97 Å². The highest BCUT2D eigenvalue weighted by Crippen LogP contribution is 2.08. The number of anilines is 1. The lowest BCUT2D eigenvalue weighted by Gasteiger charge is -2.19. The molecule has 0 aromatic carbocycles. The molecule has 1 heterocycles. The van der Waals surface area contributed by atoms with Crippen LogP contribution in [-0.4, -0.2) is 39.1 Å². The highest BCUT2D eigenvalue weighted by Gasteiger charge is 2.13. The SMILES string of the molecule is C=CCN(CC=C)c1nc(C)nc(C(=O)O)n1. The summed E-state index contributed by atoms with van der Waals surface area (Å²) in [5.74, 6) is -0.750. The first-order valence-electron chi connectivity index (χ1n) is 5.01. The van der Waals surface area contributed by atoms with Gasteiger partial charge in [0.15, 0.2) is 0 Å². The van der Waals surface area contributed by atoms with Crippen molar-refractivity contribution in [1.82, 2.24) is 15.0 Å². The van der Waals surface area contributed by atoms with Crippen molar-refractivity contribution in [2.24, 2.45) is 0 Å². The number of carboxylic acid groups (broad SMARTS) is 1. The lowest BCUT2D eigenvalue weighted by Crippen LogP contribution is -2.27. The van der Waals surface area contributed by atoms with Gasteiger partial charge in [0, 0.05) is 13.1 Å². The largest absolute Gasteiger partial charge is 0.475 e. The molecule has 0 fully saturated rings. The van der Waals surface area contributed by atoms with Gasteiger partial charge in [-0.2, -0.15) is 9.97 Å². The van der Waals surface area contributed by atoms with Gasteiger partial charge in [-0.25, -0.2) is 9.78 Å². The van der Waals surface area contributed by atoms with Crippen LogP contribution in [-0.2, 0) is 0 Å². The Balaban J connectivity index is 3.13. The highest BCUT2D eigenvalue weighted by atomic mass is 16.4. The van der Waals surface area contributed by atoms with E-state index in [1.165, 1.54) is 0 Å². The van der Waals surface area contributed by atoms with Crippen LogP contribution in [0.15, 0.2) is 25.3 Å². The second-order valence-corrected chi connectivity index (χ2v) is 3.29. The number of carboxylic acids is 1. The first kappa shape index (κ1) is 12.8. The molecule has 0 saturated heterocycles. The third kappa shape index (κ3) is 3.37. The molecule has 1 N–H and O–H groups in total. The maximum Gasteiger partial charge on any atom is 0.374 e. The Labute approximate surface area is 99.3 Å². The monoisotopic (exact) mass is 234 g/mol. The minimum atomic E-state index is -1.17. The van der Waals surface area contributed by atoms with Gasteiger partial charge < -0.3 is 10.0 Å². The quantitative estimate of drug-likeness (QED) is 0.741. The Morgan fingerprint density at radius 2 is 1.88 bits per heavy atom. The maximum absolute atomic E-state index is 10.8. The molecule has 0 saturated carbocycles. The second-order valence-electron chi connectivity index (χ2n) is 3.29. The Morgan fingerprint density at radius 1 is 1.29 bits per heavy atom. The number of hydrogen-bond donors (Lipinski definition) is 1. The van der Waals surface area contributed by atoms with Crippen LogP contribution < -0.4 is 4.90 Å². The molecule has 0 spiro atoms. The number of hydrogen-bond acceptors (Lipinski definition) is 5. The van der Waals surface area contributed by atoms with Gasteiger partial charge in [0.1, 0.15) is 5.82 Å². The van der Waals surface area contributed by atoms with E-state index in [9.17, 15) is 4.79 Å². The summed E-state index contributed by atoms with van der Waals surface area (Å²) in [6.45, 7) is 9.89. The third-order valence-corrected chi connectivity index (χ3v) is 1.91. The zero-order valence-corrected chi connectivity index (χ0v) is 9.63. The fourth-order valence-electron chi connectivity index (χ4n) is 1.25. The molecular formula is C11H14N4O2. The molecule has 0 aliphatic carbocycles. The predicted octanol–water partition coefficient (Wildman–Crippen LogP) is 1.06. The highest BCUT2D eigenvalue weighted by molar-refractivity contribution is 5.83. The lowest BCUT2D eigenvalue weighted by atomic mass is 10.4. The number of nitrogens with zero attached hydrogens (tertiary/aromatic N) is 4. The minimum absolute atomic E-state index is 0.259. The van der Waals surface area contributed by atoms with Gasteiger partial charge in [-0.1, -0.05) is 12.2 Å². The summed E-state index contributed by atoms with van der Waals surface area (Å²) in [5.41, 5.74) is 0. The van der Waals surface area contributed by atoms with E-state index in [0.717, 1.165) is 0 Å². The topological polar surface area (TPSA) is 79.2 Å². The van der Waals surface area contributed by atoms with Gasteiger partial charge in [0.05, 0.1) is 0 Å². The van der Waals surface area contributed by atoms with Crippen molar-refractivity contribution in [1.29, 1.82) is 0 Å². The number of rotatable bonds is 6. The van der Waals surface area contributed by atoms with Crippen molar-refractivity contribution in [2.75, 3.05) is 18.0 Å². The molecule has 0 unspecified atom stereocenters.